The third-order valence-electron chi connectivity index (χ3n) is 4.08. The van der Waals surface area contributed by atoms with Crippen LogP contribution in [0.25, 0.3) is 11.2 Å². The second kappa shape index (κ2) is 4.80. The van der Waals surface area contributed by atoms with Crippen molar-refractivity contribution in [2.24, 2.45) is 7.05 Å². The number of aryl methyl sites for hydroxylation is 2. The van der Waals surface area contributed by atoms with Crippen LogP contribution in [-0.4, -0.2) is 32.5 Å². The Morgan fingerprint density at radius 1 is 1.42 bits per heavy atom. The number of hydrogen-bond acceptors (Lipinski definition) is 3. The van der Waals surface area contributed by atoms with Crippen LogP contribution in [0.3, 0.4) is 0 Å². The van der Waals surface area contributed by atoms with E-state index in [1.807, 2.05) is 18.7 Å². The lowest BCUT2D eigenvalue weighted by molar-refractivity contribution is 0.0751. The van der Waals surface area contributed by atoms with Gasteiger partial charge in [0, 0.05) is 14.2 Å². The van der Waals surface area contributed by atoms with E-state index in [1.54, 1.807) is 7.11 Å². The molecule has 0 bridgehead atoms. The summed E-state index contributed by atoms with van der Waals surface area (Å²) in [6.45, 7) is 1.99. The second-order valence-corrected chi connectivity index (χ2v) is 5.45. The zero-order chi connectivity index (χ0) is 13.6. The predicted molar refractivity (Wildman–Crippen MR) is 74.5 cm³/mol. The molecule has 0 aliphatic heterocycles. The maximum Gasteiger partial charge on any atom is 0.159 e. The molecule has 5 nitrogen and oxygen atoms in total. The Labute approximate surface area is 117 Å². The number of alkyl halides is 1. The lowest BCUT2D eigenvalue weighted by Gasteiger charge is -2.22. The van der Waals surface area contributed by atoms with Crippen LogP contribution in [-0.2, 0) is 17.7 Å². The quantitative estimate of drug-likeness (QED) is 0.813. The molecule has 2 heterocycles. The highest BCUT2D eigenvalue weighted by Gasteiger charge is 2.32. The smallest absolute Gasteiger partial charge is 0.159 e. The van der Waals surface area contributed by atoms with Gasteiger partial charge in [-0.2, -0.15) is 5.10 Å². The van der Waals surface area contributed by atoms with Crippen molar-refractivity contribution in [1.29, 1.82) is 0 Å². The Kier molecular flexibility index (Phi) is 3.27. The van der Waals surface area contributed by atoms with E-state index in [-0.39, 0.29) is 6.10 Å². The topological polar surface area (TPSA) is 44.9 Å². The Balaban J connectivity index is 2.20. The lowest BCUT2D eigenvalue weighted by Crippen LogP contribution is -2.23. The van der Waals surface area contributed by atoms with Crippen LogP contribution in [0.4, 0.5) is 0 Å². The van der Waals surface area contributed by atoms with Crippen molar-refractivity contribution in [3.05, 3.63) is 11.5 Å². The molecule has 2 atom stereocenters. The first kappa shape index (κ1) is 12.9. The summed E-state index contributed by atoms with van der Waals surface area (Å²) in [6, 6.07) is 0.318. The van der Waals surface area contributed by atoms with Gasteiger partial charge in [-0.15, -0.1) is 11.6 Å². The Morgan fingerprint density at radius 3 is 2.89 bits per heavy atom. The molecule has 2 unspecified atom stereocenters. The lowest BCUT2D eigenvalue weighted by atomic mass is 10.2. The summed E-state index contributed by atoms with van der Waals surface area (Å²) in [5, 5.41) is 4.46. The number of halogens is 1. The zero-order valence-corrected chi connectivity index (χ0v) is 12.3. The number of aromatic nitrogens is 4. The first-order valence-corrected chi connectivity index (χ1v) is 7.20. The molecule has 0 radical (unpaired) electrons. The normalized spacial score (nSPS) is 23.6. The van der Waals surface area contributed by atoms with Gasteiger partial charge < -0.3 is 9.30 Å². The van der Waals surface area contributed by atoms with Gasteiger partial charge in [-0.1, -0.05) is 0 Å². The minimum atomic E-state index is 0.245. The number of imidazole rings is 1. The number of nitrogens with zero attached hydrogens (tertiary/aromatic N) is 4. The molecule has 2 aromatic heterocycles. The number of rotatable bonds is 3. The van der Waals surface area contributed by atoms with Gasteiger partial charge in [-0.3, -0.25) is 4.68 Å². The van der Waals surface area contributed by atoms with Crippen LogP contribution in [0.5, 0.6) is 0 Å². The van der Waals surface area contributed by atoms with Crippen molar-refractivity contribution >= 4 is 22.8 Å². The summed E-state index contributed by atoms with van der Waals surface area (Å²) in [7, 11) is 3.74. The minimum absolute atomic E-state index is 0.245. The molecule has 0 aromatic carbocycles. The van der Waals surface area contributed by atoms with E-state index >= 15 is 0 Å². The Bertz CT molecular complexity index is 603. The van der Waals surface area contributed by atoms with E-state index in [1.165, 1.54) is 6.42 Å². The number of ether oxygens (including phenoxy) is 1. The van der Waals surface area contributed by atoms with Crippen LogP contribution in [0, 0.1) is 6.92 Å². The van der Waals surface area contributed by atoms with Gasteiger partial charge in [0.2, 0.25) is 0 Å². The van der Waals surface area contributed by atoms with Gasteiger partial charge in [-0.25, -0.2) is 4.98 Å². The molecule has 0 N–H and O–H groups in total. The van der Waals surface area contributed by atoms with Crippen molar-refractivity contribution < 1.29 is 4.74 Å². The molecule has 0 saturated heterocycles. The fraction of sp³-hybridized carbons (Fsp3) is 0.692. The van der Waals surface area contributed by atoms with Gasteiger partial charge in [0.25, 0.3) is 0 Å². The molecule has 104 valence electrons. The fourth-order valence-corrected chi connectivity index (χ4v) is 3.45. The summed E-state index contributed by atoms with van der Waals surface area (Å²) in [6.07, 6.45) is 3.63. The summed E-state index contributed by atoms with van der Waals surface area (Å²) in [4.78, 5) is 4.66. The summed E-state index contributed by atoms with van der Waals surface area (Å²) in [5.41, 5.74) is 2.97. The van der Waals surface area contributed by atoms with E-state index in [4.69, 9.17) is 16.3 Å². The maximum atomic E-state index is 6.08. The summed E-state index contributed by atoms with van der Waals surface area (Å²) < 4.78 is 9.76. The number of methoxy groups -OCH3 is 1. The van der Waals surface area contributed by atoms with E-state index < -0.39 is 0 Å². The van der Waals surface area contributed by atoms with E-state index in [0.29, 0.717) is 11.9 Å². The van der Waals surface area contributed by atoms with Crippen molar-refractivity contribution in [3.8, 4) is 0 Å². The summed E-state index contributed by atoms with van der Waals surface area (Å²) in [5.74, 6) is 1.34. The first-order valence-electron chi connectivity index (χ1n) is 6.66. The molecule has 19 heavy (non-hydrogen) atoms. The standard InChI is InChI=1S/C13H19ClN4O/c1-8-12-13(17(2)16-8)18(11(7-14)15-12)9-5-4-6-10(9)19-3/h9-10H,4-7H2,1-3H3. The molecule has 1 aliphatic rings. The molecule has 3 rings (SSSR count). The van der Waals surface area contributed by atoms with Crippen LogP contribution in [0.1, 0.15) is 36.8 Å². The van der Waals surface area contributed by atoms with E-state index in [9.17, 15) is 0 Å². The van der Waals surface area contributed by atoms with Crippen LogP contribution >= 0.6 is 11.6 Å². The largest absolute Gasteiger partial charge is 0.379 e. The van der Waals surface area contributed by atoms with E-state index in [0.717, 1.165) is 35.5 Å². The maximum absolute atomic E-state index is 6.08. The summed E-state index contributed by atoms with van der Waals surface area (Å²) >= 11 is 6.08. The van der Waals surface area contributed by atoms with Crippen molar-refractivity contribution in [3.63, 3.8) is 0 Å². The monoisotopic (exact) mass is 282 g/mol. The van der Waals surface area contributed by atoms with Crippen molar-refractivity contribution in [1.82, 2.24) is 19.3 Å². The molecular weight excluding hydrogens is 264 g/mol. The van der Waals surface area contributed by atoms with Gasteiger partial charge in [-0.05, 0) is 26.2 Å². The molecular formula is C13H19ClN4O. The number of fused-ring (bicyclic) bond motifs is 1. The van der Waals surface area contributed by atoms with E-state index in [2.05, 4.69) is 14.6 Å². The zero-order valence-electron chi connectivity index (χ0n) is 11.6. The third-order valence-corrected chi connectivity index (χ3v) is 4.32. The van der Waals surface area contributed by atoms with Gasteiger partial charge in [0.15, 0.2) is 5.65 Å². The third kappa shape index (κ3) is 1.87. The molecule has 6 heteroatoms. The molecule has 1 fully saturated rings. The van der Waals surface area contributed by atoms with Crippen LogP contribution < -0.4 is 0 Å². The minimum Gasteiger partial charge on any atom is -0.379 e. The second-order valence-electron chi connectivity index (χ2n) is 5.19. The molecule has 1 aliphatic carbocycles. The van der Waals surface area contributed by atoms with Crippen LogP contribution in [0.2, 0.25) is 0 Å². The number of hydrogen-bond donors (Lipinski definition) is 0. The van der Waals surface area contributed by atoms with Gasteiger partial charge >= 0.3 is 0 Å². The van der Waals surface area contributed by atoms with Crippen molar-refractivity contribution in [2.75, 3.05) is 7.11 Å². The average molecular weight is 283 g/mol. The SMILES string of the molecule is COC1CCCC1n1c(CCl)nc2c(C)nn(C)c21. The average Bonchev–Trinajstić information content (AvgIpc) is 3.06. The van der Waals surface area contributed by atoms with Gasteiger partial charge in [0.1, 0.15) is 11.3 Å². The molecule has 2 aromatic rings. The molecule has 0 spiro atoms. The van der Waals surface area contributed by atoms with Crippen LogP contribution in [0.15, 0.2) is 0 Å². The molecule has 0 amide bonds. The Morgan fingerprint density at radius 2 is 2.21 bits per heavy atom. The first-order chi connectivity index (χ1) is 9.17. The molecule has 1 saturated carbocycles. The van der Waals surface area contributed by atoms with Gasteiger partial charge in [0.05, 0.1) is 23.7 Å². The highest BCUT2D eigenvalue weighted by molar-refractivity contribution is 6.16. The fourth-order valence-electron chi connectivity index (χ4n) is 3.26. The Hall–Kier alpha value is -1.07. The predicted octanol–water partition coefficient (Wildman–Crippen LogP) is 2.56. The highest BCUT2D eigenvalue weighted by atomic mass is 35.5. The highest BCUT2D eigenvalue weighted by Crippen LogP contribution is 2.36. The van der Waals surface area contributed by atoms with Crippen molar-refractivity contribution in [2.45, 2.75) is 44.2 Å².